The highest BCUT2D eigenvalue weighted by Gasteiger charge is 2.24. The van der Waals surface area contributed by atoms with Crippen molar-refractivity contribution >= 4 is 17.7 Å². The fourth-order valence-electron chi connectivity index (χ4n) is 3.77. The van der Waals surface area contributed by atoms with Crippen molar-refractivity contribution in [1.82, 2.24) is 5.32 Å². The normalized spacial score (nSPS) is 14.3. The minimum Gasteiger partial charge on any atom is -0.508 e. The molecule has 3 aromatic carbocycles. The number of phenols is 2. The van der Waals surface area contributed by atoms with Crippen LogP contribution in [0.1, 0.15) is 55.5 Å². The van der Waals surface area contributed by atoms with Gasteiger partial charge in [-0.2, -0.15) is 0 Å². The van der Waals surface area contributed by atoms with Crippen molar-refractivity contribution in [2.75, 3.05) is 19.7 Å². The average molecular weight is 507 g/mol. The van der Waals surface area contributed by atoms with Gasteiger partial charge in [-0.15, -0.1) is 0 Å². The third kappa shape index (κ3) is 7.08. The Morgan fingerprint density at radius 2 is 1.73 bits per heavy atom. The summed E-state index contributed by atoms with van der Waals surface area (Å²) in [6.45, 7) is 5.37. The number of benzene rings is 3. The van der Waals surface area contributed by atoms with Gasteiger partial charge in [0.05, 0.1) is 23.3 Å². The number of hydrogen-bond donors (Lipinski definition) is 4. The average Bonchev–Trinajstić information content (AvgIpc) is 3.38. The Morgan fingerprint density at radius 3 is 2.32 bits per heavy atom. The number of phenolic OH excluding ortho intramolecular Hbond substituents is 2. The van der Waals surface area contributed by atoms with Gasteiger partial charge in [-0.05, 0) is 80.9 Å². The maximum atomic E-state index is 13.0. The minimum atomic E-state index is -0.486. The number of carbonyl (C=O) groups is 3. The van der Waals surface area contributed by atoms with Crippen molar-refractivity contribution in [3.05, 3.63) is 88.5 Å². The summed E-state index contributed by atoms with van der Waals surface area (Å²) in [4.78, 5) is 35.8. The fourth-order valence-corrected chi connectivity index (χ4v) is 3.77. The van der Waals surface area contributed by atoms with Crippen LogP contribution in [0.4, 0.5) is 0 Å². The third-order valence-electron chi connectivity index (χ3n) is 5.68. The van der Waals surface area contributed by atoms with Gasteiger partial charge in [-0.3, -0.25) is 9.59 Å². The molecule has 1 saturated heterocycles. The van der Waals surface area contributed by atoms with Crippen LogP contribution < -0.4 is 15.8 Å². The van der Waals surface area contributed by atoms with Gasteiger partial charge in [0, 0.05) is 12.1 Å². The molecule has 0 bridgehead atoms. The van der Waals surface area contributed by atoms with Crippen LogP contribution in [0.2, 0.25) is 0 Å². The Hall–Kier alpha value is -4.37. The zero-order chi connectivity index (χ0) is 26.9. The second-order valence-electron chi connectivity index (χ2n) is 8.37. The molecule has 9 heteroatoms. The van der Waals surface area contributed by atoms with E-state index < -0.39 is 11.9 Å². The van der Waals surface area contributed by atoms with E-state index in [1.54, 1.807) is 38.1 Å². The van der Waals surface area contributed by atoms with E-state index in [0.29, 0.717) is 41.2 Å². The number of primary amides is 1. The first kappa shape index (κ1) is 27.2. The molecule has 0 aromatic heterocycles. The second kappa shape index (κ2) is 12.5. The van der Waals surface area contributed by atoms with E-state index >= 15 is 0 Å². The van der Waals surface area contributed by atoms with Crippen molar-refractivity contribution in [1.29, 1.82) is 0 Å². The predicted molar refractivity (Wildman–Crippen MR) is 137 cm³/mol. The summed E-state index contributed by atoms with van der Waals surface area (Å²) in [5, 5.41) is 22.0. The lowest BCUT2D eigenvalue weighted by molar-refractivity contribution is 0.0343. The summed E-state index contributed by atoms with van der Waals surface area (Å²) >= 11 is 0. The molecule has 1 atom stereocenters. The quantitative estimate of drug-likeness (QED) is 0.282. The molecule has 4 rings (SSSR count). The molecule has 0 aliphatic carbocycles. The van der Waals surface area contributed by atoms with Crippen molar-refractivity contribution in [3.63, 3.8) is 0 Å². The standard InChI is InChI=1S/C21H23NO5.C7H7NO2/c1-3-26-18-11-14(21(25)27-15-9-10-22-12-15)7-8-16(18)20(24)19-13(2)5-4-6-17(19)23;8-7(10)5-1-3-6(9)4-2-5/h4-8,11,15,22-23H,3,9-10,12H2,1-2H3;1-4,9H,(H2,8,10). The number of ketones is 1. The highest BCUT2D eigenvalue weighted by Crippen LogP contribution is 2.29. The monoisotopic (exact) mass is 506 g/mol. The van der Waals surface area contributed by atoms with Gasteiger partial charge in [0.15, 0.2) is 0 Å². The molecule has 1 amide bonds. The Balaban J connectivity index is 0.000000319. The van der Waals surface area contributed by atoms with Crippen molar-refractivity contribution < 1.29 is 34.1 Å². The highest BCUT2D eigenvalue weighted by molar-refractivity contribution is 6.13. The summed E-state index contributed by atoms with van der Waals surface area (Å²) in [6, 6.07) is 15.3. The van der Waals surface area contributed by atoms with Gasteiger partial charge in [0.2, 0.25) is 11.7 Å². The minimum absolute atomic E-state index is 0.0836. The molecule has 5 N–H and O–H groups in total. The molecule has 1 aliphatic rings. The lowest BCUT2D eigenvalue weighted by atomic mass is 9.96. The maximum Gasteiger partial charge on any atom is 0.338 e. The second-order valence-corrected chi connectivity index (χ2v) is 8.37. The molecule has 0 radical (unpaired) electrons. The molecule has 0 spiro atoms. The Kier molecular flexibility index (Phi) is 9.23. The number of hydrogen-bond acceptors (Lipinski definition) is 8. The Morgan fingerprint density at radius 1 is 1.03 bits per heavy atom. The number of nitrogens with one attached hydrogen (secondary N) is 1. The zero-order valence-corrected chi connectivity index (χ0v) is 20.7. The molecule has 1 aliphatic heterocycles. The number of aromatic hydroxyl groups is 2. The highest BCUT2D eigenvalue weighted by atomic mass is 16.5. The number of esters is 1. The van der Waals surface area contributed by atoms with E-state index in [0.717, 1.165) is 13.0 Å². The predicted octanol–water partition coefficient (Wildman–Crippen LogP) is 3.34. The maximum absolute atomic E-state index is 13.0. The molecule has 0 saturated carbocycles. The van der Waals surface area contributed by atoms with Crippen LogP contribution in [0.25, 0.3) is 0 Å². The lowest BCUT2D eigenvalue weighted by Crippen LogP contribution is -2.21. The first-order valence-corrected chi connectivity index (χ1v) is 11.8. The first-order valence-electron chi connectivity index (χ1n) is 11.8. The van der Waals surface area contributed by atoms with Crippen LogP contribution in [0.15, 0.2) is 60.7 Å². The summed E-state index contributed by atoms with van der Waals surface area (Å²) in [5.41, 5.74) is 6.86. The summed E-state index contributed by atoms with van der Waals surface area (Å²) in [7, 11) is 0. The number of aryl methyl sites for hydroxylation is 1. The molecule has 1 unspecified atom stereocenters. The molecular formula is C28H30N2O7. The third-order valence-corrected chi connectivity index (χ3v) is 5.68. The first-order chi connectivity index (χ1) is 17.7. The van der Waals surface area contributed by atoms with Gasteiger partial charge in [0.1, 0.15) is 23.4 Å². The van der Waals surface area contributed by atoms with Crippen molar-refractivity contribution in [2.24, 2.45) is 5.73 Å². The Bertz CT molecular complexity index is 1250. The van der Waals surface area contributed by atoms with Gasteiger partial charge in [0.25, 0.3) is 0 Å². The molecule has 1 fully saturated rings. The number of rotatable bonds is 7. The largest absolute Gasteiger partial charge is 0.508 e. The van der Waals surface area contributed by atoms with Gasteiger partial charge < -0.3 is 30.7 Å². The van der Waals surface area contributed by atoms with E-state index in [1.807, 2.05) is 0 Å². The molecule has 9 nitrogen and oxygen atoms in total. The van der Waals surface area contributed by atoms with Crippen molar-refractivity contribution in [2.45, 2.75) is 26.4 Å². The zero-order valence-electron chi connectivity index (χ0n) is 20.7. The van der Waals surface area contributed by atoms with E-state index in [1.165, 1.54) is 36.4 Å². The van der Waals surface area contributed by atoms with Crippen LogP contribution >= 0.6 is 0 Å². The topological polar surface area (TPSA) is 148 Å². The van der Waals surface area contributed by atoms with E-state index in [4.69, 9.17) is 20.3 Å². The SMILES string of the molecule is CCOc1cc(C(=O)OC2CCNC2)ccc1C(=O)c1c(C)cccc1O.NC(=O)c1ccc(O)cc1. The van der Waals surface area contributed by atoms with Crippen LogP contribution in [-0.2, 0) is 4.74 Å². The van der Waals surface area contributed by atoms with Crippen LogP contribution in [-0.4, -0.2) is 53.7 Å². The molecule has 1 heterocycles. The smallest absolute Gasteiger partial charge is 0.338 e. The molecule has 194 valence electrons. The van der Waals surface area contributed by atoms with Gasteiger partial charge in [-0.1, -0.05) is 12.1 Å². The fraction of sp³-hybridized carbons (Fsp3) is 0.250. The molecular weight excluding hydrogens is 476 g/mol. The van der Waals surface area contributed by atoms with Gasteiger partial charge in [-0.25, -0.2) is 4.79 Å². The number of nitrogens with two attached hydrogens (primary N) is 1. The van der Waals surface area contributed by atoms with Crippen molar-refractivity contribution in [3.8, 4) is 17.2 Å². The van der Waals surface area contributed by atoms with Crippen LogP contribution in [0, 0.1) is 6.92 Å². The van der Waals surface area contributed by atoms with Crippen LogP contribution in [0.3, 0.4) is 0 Å². The summed E-state index contributed by atoms with van der Waals surface area (Å²) < 4.78 is 11.1. The van der Waals surface area contributed by atoms with E-state index in [2.05, 4.69) is 5.32 Å². The number of amides is 1. The van der Waals surface area contributed by atoms with Gasteiger partial charge >= 0.3 is 5.97 Å². The number of ether oxygens (including phenoxy) is 2. The summed E-state index contributed by atoms with van der Waals surface area (Å²) in [6.07, 6.45) is 0.644. The Labute approximate surface area is 214 Å². The lowest BCUT2D eigenvalue weighted by Gasteiger charge is -2.14. The number of carbonyl (C=O) groups excluding carboxylic acids is 3. The molecule has 3 aromatic rings. The van der Waals surface area contributed by atoms with E-state index in [-0.39, 0.29) is 28.9 Å². The van der Waals surface area contributed by atoms with Crippen LogP contribution in [0.5, 0.6) is 17.2 Å². The van der Waals surface area contributed by atoms with E-state index in [9.17, 15) is 19.5 Å². The summed E-state index contributed by atoms with van der Waals surface area (Å²) in [5.74, 6) is -0.940. The molecule has 37 heavy (non-hydrogen) atoms.